The molecule has 3 aromatic rings. The lowest BCUT2D eigenvalue weighted by Gasteiger charge is -2.14. The van der Waals surface area contributed by atoms with E-state index < -0.39 is 5.82 Å². The lowest BCUT2D eigenvalue weighted by molar-refractivity contribution is 0.102. The van der Waals surface area contributed by atoms with Gasteiger partial charge in [-0.2, -0.15) is 0 Å². The van der Waals surface area contributed by atoms with E-state index in [4.69, 9.17) is 11.6 Å². The third-order valence-electron chi connectivity index (χ3n) is 4.43. The highest BCUT2D eigenvalue weighted by Crippen LogP contribution is 2.25. The van der Waals surface area contributed by atoms with Crippen molar-refractivity contribution in [2.45, 2.75) is 31.3 Å². The van der Waals surface area contributed by atoms with Gasteiger partial charge in [0, 0.05) is 28.1 Å². The summed E-state index contributed by atoms with van der Waals surface area (Å²) in [4.78, 5) is 32.3. The van der Waals surface area contributed by atoms with E-state index in [1.54, 1.807) is 30.3 Å². The molecule has 7 heteroatoms. The second-order valence-corrected chi connectivity index (χ2v) is 8.21. The zero-order chi connectivity index (χ0) is 21.0. The van der Waals surface area contributed by atoms with E-state index in [9.17, 15) is 14.0 Å². The molecule has 0 spiro atoms. The number of aromatic amines is 1. The molecule has 0 bridgehead atoms. The molecule has 4 nitrogen and oxygen atoms in total. The highest BCUT2D eigenvalue weighted by Gasteiger charge is 2.19. The number of carbonyl (C=O) groups excluding carboxylic acids is 1. The molecule has 0 atom stereocenters. The Labute approximate surface area is 177 Å². The second kappa shape index (κ2) is 9.37. The monoisotopic (exact) mass is 430 g/mol. The Morgan fingerprint density at radius 3 is 2.55 bits per heavy atom. The van der Waals surface area contributed by atoms with Crippen molar-refractivity contribution in [2.24, 2.45) is 0 Å². The smallest absolute Gasteiger partial charge is 0.255 e. The van der Waals surface area contributed by atoms with Crippen molar-refractivity contribution < 1.29 is 9.18 Å². The maximum atomic E-state index is 14.3. The minimum absolute atomic E-state index is 0.0649. The molecule has 0 radical (unpaired) electrons. The van der Waals surface area contributed by atoms with E-state index in [-0.39, 0.29) is 34.5 Å². The van der Waals surface area contributed by atoms with Crippen molar-refractivity contribution in [1.82, 2.24) is 9.97 Å². The van der Waals surface area contributed by atoms with E-state index in [2.05, 4.69) is 9.97 Å². The summed E-state index contributed by atoms with van der Waals surface area (Å²) in [5.41, 5.74) is 1.56. The Morgan fingerprint density at radius 1 is 1.17 bits per heavy atom. The number of benzene rings is 2. The minimum atomic E-state index is -0.442. The number of rotatable bonds is 7. The lowest BCUT2D eigenvalue weighted by atomic mass is 9.98. The quantitative estimate of drug-likeness (QED) is 0.316. The SMILES string of the molecule is CC(C)c1c(Cc2c(F)cccc2Cl)nc(SCC(=O)c2ccccc2)[nH]c1=O. The van der Waals surface area contributed by atoms with Crippen LogP contribution in [-0.2, 0) is 6.42 Å². The molecule has 0 amide bonds. The Bertz CT molecular complexity index is 1060. The molecule has 150 valence electrons. The molecule has 1 N–H and O–H groups in total. The average Bonchev–Trinajstić information content (AvgIpc) is 2.69. The topological polar surface area (TPSA) is 62.8 Å². The standard InChI is InChI=1S/C22H20ClFN2O2S/c1-13(2)20-18(11-15-16(23)9-6-10-17(15)24)25-22(26-21(20)28)29-12-19(27)14-7-4-3-5-8-14/h3-10,13H,11-12H2,1-2H3,(H,25,26,28). The summed E-state index contributed by atoms with van der Waals surface area (Å²) in [6.45, 7) is 3.76. The zero-order valence-electron chi connectivity index (χ0n) is 16.0. The number of ketones is 1. The number of hydrogen-bond donors (Lipinski definition) is 1. The van der Waals surface area contributed by atoms with Gasteiger partial charge in [0.05, 0.1) is 11.4 Å². The summed E-state index contributed by atoms with van der Waals surface area (Å²) < 4.78 is 14.3. The van der Waals surface area contributed by atoms with E-state index in [1.807, 2.05) is 19.9 Å². The number of thioether (sulfide) groups is 1. The van der Waals surface area contributed by atoms with Gasteiger partial charge in [-0.3, -0.25) is 9.59 Å². The van der Waals surface area contributed by atoms with Gasteiger partial charge in [0.15, 0.2) is 10.9 Å². The van der Waals surface area contributed by atoms with Gasteiger partial charge in [0.2, 0.25) is 0 Å². The molecule has 3 rings (SSSR count). The summed E-state index contributed by atoms with van der Waals surface area (Å²) in [6.07, 6.45) is 0.100. The Kier molecular flexibility index (Phi) is 6.87. The number of nitrogens with zero attached hydrogens (tertiary/aromatic N) is 1. The molecule has 0 saturated heterocycles. The molecule has 0 unspecified atom stereocenters. The Balaban J connectivity index is 1.90. The van der Waals surface area contributed by atoms with Crippen LogP contribution in [0.4, 0.5) is 4.39 Å². The van der Waals surface area contributed by atoms with Gasteiger partial charge in [-0.1, -0.05) is 73.6 Å². The number of aromatic nitrogens is 2. The molecular formula is C22H20ClFN2O2S. The van der Waals surface area contributed by atoms with Gasteiger partial charge in [0.1, 0.15) is 5.82 Å². The molecule has 0 fully saturated rings. The van der Waals surface area contributed by atoms with Gasteiger partial charge in [-0.25, -0.2) is 9.37 Å². The van der Waals surface area contributed by atoms with Crippen LogP contribution >= 0.6 is 23.4 Å². The molecule has 1 aromatic heterocycles. The first-order chi connectivity index (χ1) is 13.9. The van der Waals surface area contributed by atoms with Crippen LogP contribution in [0.5, 0.6) is 0 Å². The highest BCUT2D eigenvalue weighted by molar-refractivity contribution is 7.99. The van der Waals surface area contributed by atoms with E-state index in [0.29, 0.717) is 27.5 Å². The van der Waals surface area contributed by atoms with Crippen LogP contribution in [0.25, 0.3) is 0 Å². The van der Waals surface area contributed by atoms with Crippen molar-refractivity contribution >= 4 is 29.1 Å². The van der Waals surface area contributed by atoms with Crippen LogP contribution in [0, 0.1) is 5.82 Å². The minimum Gasteiger partial charge on any atom is -0.301 e. The fourth-order valence-electron chi connectivity index (χ4n) is 3.01. The number of Topliss-reactive ketones (excluding diaryl/α,β-unsaturated/α-hetero) is 1. The van der Waals surface area contributed by atoms with Crippen molar-refractivity contribution in [3.05, 3.63) is 92.1 Å². The molecule has 0 aliphatic carbocycles. The van der Waals surface area contributed by atoms with E-state index >= 15 is 0 Å². The first-order valence-corrected chi connectivity index (χ1v) is 10.5. The number of carbonyl (C=O) groups is 1. The van der Waals surface area contributed by atoms with E-state index in [0.717, 1.165) is 11.8 Å². The average molecular weight is 431 g/mol. The van der Waals surface area contributed by atoms with Crippen LogP contribution in [0.3, 0.4) is 0 Å². The number of nitrogens with one attached hydrogen (secondary N) is 1. The van der Waals surface area contributed by atoms with Gasteiger partial charge >= 0.3 is 0 Å². The fraction of sp³-hybridized carbons (Fsp3) is 0.227. The van der Waals surface area contributed by atoms with Crippen molar-refractivity contribution in [3.8, 4) is 0 Å². The summed E-state index contributed by atoms with van der Waals surface area (Å²) in [6, 6.07) is 13.4. The summed E-state index contributed by atoms with van der Waals surface area (Å²) in [5, 5.41) is 0.612. The van der Waals surface area contributed by atoms with Crippen LogP contribution in [-0.4, -0.2) is 21.5 Å². The largest absolute Gasteiger partial charge is 0.301 e. The molecule has 2 aromatic carbocycles. The predicted molar refractivity (Wildman–Crippen MR) is 115 cm³/mol. The van der Waals surface area contributed by atoms with Crippen LogP contribution in [0.1, 0.15) is 46.9 Å². The van der Waals surface area contributed by atoms with Gasteiger partial charge < -0.3 is 4.98 Å². The molecule has 29 heavy (non-hydrogen) atoms. The van der Waals surface area contributed by atoms with Crippen molar-refractivity contribution in [3.63, 3.8) is 0 Å². The predicted octanol–water partition coefficient (Wildman–Crippen LogP) is 5.25. The van der Waals surface area contributed by atoms with E-state index in [1.165, 1.54) is 12.1 Å². The van der Waals surface area contributed by atoms with Crippen LogP contribution in [0.15, 0.2) is 58.5 Å². The fourth-order valence-corrected chi connectivity index (χ4v) is 4.02. The molecule has 1 heterocycles. The van der Waals surface area contributed by atoms with Crippen molar-refractivity contribution in [2.75, 3.05) is 5.75 Å². The Morgan fingerprint density at radius 2 is 1.90 bits per heavy atom. The summed E-state index contributed by atoms with van der Waals surface area (Å²) >= 11 is 7.31. The number of hydrogen-bond acceptors (Lipinski definition) is 4. The van der Waals surface area contributed by atoms with Gasteiger partial charge in [-0.05, 0) is 18.1 Å². The third-order valence-corrected chi connectivity index (χ3v) is 5.66. The maximum absolute atomic E-state index is 14.3. The maximum Gasteiger partial charge on any atom is 0.255 e. The summed E-state index contributed by atoms with van der Waals surface area (Å²) in [7, 11) is 0. The first-order valence-electron chi connectivity index (χ1n) is 9.13. The van der Waals surface area contributed by atoms with Crippen molar-refractivity contribution in [1.29, 1.82) is 0 Å². The number of halogens is 2. The van der Waals surface area contributed by atoms with Crippen LogP contribution in [0.2, 0.25) is 5.02 Å². The molecule has 0 saturated carbocycles. The molecule has 0 aliphatic heterocycles. The number of H-pyrrole nitrogens is 1. The normalized spacial score (nSPS) is 11.1. The lowest BCUT2D eigenvalue weighted by Crippen LogP contribution is -2.21. The molecular weight excluding hydrogens is 411 g/mol. The van der Waals surface area contributed by atoms with Crippen LogP contribution < -0.4 is 5.56 Å². The Hall–Kier alpha value is -2.44. The highest BCUT2D eigenvalue weighted by atomic mass is 35.5. The second-order valence-electron chi connectivity index (χ2n) is 6.84. The first kappa shape index (κ1) is 21.3. The zero-order valence-corrected chi connectivity index (χ0v) is 17.6. The molecule has 0 aliphatic rings. The van der Waals surface area contributed by atoms with Gasteiger partial charge in [0.25, 0.3) is 5.56 Å². The summed E-state index contributed by atoms with van der Waals surface area (Å²) in [5.74, 6) is -0.474. The van der Waals surface area contributed by atoms with Gasteiger partial charge in [-0.15, -0.1) is 0 Å². The third kappa shape index (κ3) is 5.14.